The summed E-state index contributed by atoms with van der Waals surface area (Å²) >= 11 is 7.30. The molecule has 0 spiro atoms. The lowest BCUT2D eigenvalue weighted by atomic mass is 10.2. The van der Waals surface area contributed by atoms with Gasteiger partial charge >= 0.3 is 0 Å². The van der Waals surface area contributed by atoms with Gasteiger partial charge in [-0.05, 0) is 30.7 Å². The molecule has 3 N–H and O–H groups in total. The van der Waals surface area contributed by atoms with Gasteiger partial charge in [0.25, 0.3) is 5.91 Å². The predicted molar refractivity (Wildman–Crippen MR) is 112 cm³/mol. The van der Waals surface area contributed by atoms with Gasteiger partial charge in [-0.1, -0.05) is 11.6 Å². The Hall–Kier alpha value is -3.17. The van der Waals surface area contributed by atoms with Gasteiger partial charge in [-0.2, -0.15) is 0 Å². The number of nitrogens with one attached hydrogen (secondary N) is 3. The van der Waals surface area contributed by atoms with Gasteiger partial charge in [0, 0.05) is 29.8 Å². The average molecular weight is 433 g/mol. The second kappa shape index (κ2) is 9.35. The third-order valence-electron chi connectivity index (χ3n) is 3.86. The van der Waals surface area contributed by atoms with Gasteiger partial charge in [-0.15, -0.1) is 11.3 Å². The summed E-state index contributed by atoms with van der Waals surface area (Å²) in [4.78, 5) is 42.1. The molecule has 2 aromatic heterocycles. The van der Waals surface area contributed by atoms with Crippen molar-refractivity contribution in [1.29, 1.82) is 0 Å². The van der Waals surface area contributed by atoms with Crippen LogP contribution >= 0.6 is 22.9 Å². The van der Waals surface area contributed by atoms with Gasteiger partial charge in [0.05, 0.1) is 23.4 Å². The zero-order chi connectivity index (χ0) is 20.8. The van der Waals surface area contributed by atoms with E-state index in [1.54, 1.807) is 23.6 Å². The Morgan fingerprint density at radius 1 is 1.24 bits per heavy atom. The number of hydrogen-bond acceptors (Lipinski definition) is 6. The van der Waals surface area contributed by atoms with Crippen molar-refractivity contribution in [3.8, 4) is 5.75 Å². The number of aromatic nitrogens is 2. The number of aromatic amines is 1. The van der Waals surface area contributed by atoms with Crippen molar-refractivity contribution in [2.75, 3.05) is 17.7 Å². The van der Waals surface area contributed by atoms with Crippen molar-refractivity contribution in [2.45, 2.75) is 12.8 Å². The van der Waals surface area contributed by atoms with Gasteiger partial charge in [0.15, 0.2) is 5.13 Å². The molecule has 0 saturated heterocycles. The van der Waals surface area contributed by atoms with E-state index in [9.17, 15) is 14.4 Å². The molecule has 3 rings (SSSR count). The van der Waals surface area contributed by atoms with Gasteiger partial charge in [0.2, 0.25) is 11.5 Å². The third kappa shape index (κ3) is 5.66. The first-order chi connectivity index (χ1) is 13.9. The van der Waals surface area contributed by atoms with E-state index in [2.05, 4.69) is 20.6 Å². The van der Waals surface area contributed by atoms with Gasteiger partial charge in [-0.25, -0.2) is 4.98 Å². The van der Waals surface area contributed by atoms with E-state index >= 15 is 0 Å². The minimum Gasteiger partial charge on any atom is -0.495 e. The molecule has 10 heteroatoms. The number of rotatable bonds is 7. The van der Waals surface area contributed by atoms with Crippen molar-refractivity contribution >= 4 is 45.6 Å². The van der Waals surface area contributed by atoms with E-state index in [0.717, 1.165) is 0 Å². The number of aryl methyl sites for hydroxylation is 1. The Bertz CT molecular complexity index is 1080. The first-order valence-electron chi connectivity index (χ1n) is 8.52. The van der Waals surface area contributed by atoms with E-state index in [0.29, 0.717) is 39.3 Å². The fourth-order valence-electron chi connectivity index (χ4n) is 2.41. The number of carbonyl (C=O) groups excluding carboxylic acids is 2. The van der Waals surface area contributed by atoms with Crippen LogP contribution in [-0.2, 0) is 11.2 Å². The van der Waals surface area contributed by atoms with Crippen LogP contribution in [0.3, 0.4) is 0 Å². The lowest BCUT2D eigenvalue weighted by Gasteiger charge is -2.07. The Balaban J connectivity index is 1.51. The van der Waals surface area contributed by atoms with Crippen LogP contribution in [0.25, 0.3) is 0 Å². The van der Waals surface area contributed by atoms with Crippen molar-refractivity contribution < 1.29 is 14.3 Å². The van der Waals surface area contributed by atoms with Crippen molar-refractivity contribution in [2.24, 2.45) is 0 Å². The highest BCUT2D eigenvalue weighted by Crippen LogP contribution is 2.27. The van der Waals surface area contributed by atoms with Crippen LogP contribution in [0.5, 0.6) is 5.75 Å². The fourth-order valence-corrected chi connectivity index (χ4v) is 3.41. The molecule has 1 aromatic carbocycles. The number of methoxy groups -OCH3 is 1. The number of hydrogen-bond donors (Lipinski definition) is 3. The zero-order valence-corrected chi connectivity index (χ0v) is 16.9. The van der Waals surface area contributed by atoms with E-state index in [1.165, 1.54) is 36.8 Å². The Kier molecular flexibility index (Phi) is 6.63. The highest BCUT2D eigenvalue weighted by atomic mass is 35.5. The summed E-state index contributed by atoms with van der Waals surface area (Å²) in [7, 11) is 1.52. The van der Waals surface area contributed by atoms with Gasteiger partial charge < -0.3 is 15.0 Å². The molecule has 0 radical (unpaired) electrons. The number of amides is 2. The number of H-pyrrole nitrogens is 1. The molecule has 0 bridgehead atoms. The zero-order valence-electron chi connectivity index (χ0n) is 15.3. The van der Waals surface area contributed by atoms with E-state index < -0.39 is 0 Å². The lowest BCUT2D eigenvalue weighted by molar-refractivity contribution is -0.116. The normalized spacial score (nSPS) is 10.4. The monoisotopic (exact) mass is 432 g/mol. The largest absolute Gasteiger partial charge is 0.495 e. The third-order valence-corrected chi connectivity index (χ3v) is 4.96. The molecule has 0 saturated carbocycles. The SMILES string of the molecule is COc1ccc(NC(=O)CCc2csc(NC(=O)c3ccc(=O)[nH]c3)n2)cc1Cl. The predicted octanol–water partition coefficient (Wildman–Crippen LogP) is 3.32. The van der Waals surface area contributed by atoms with Crippen LogP contribution in [0, 0.1) is 0 Å². The summed E-state index contributed by atoms with van der Waals surface area (Å²) in [5.74, 6) is -0.0297. The average Bonchev–Trinajstić information content (AvgIpc) is 3.14. The fraction of sp³-hybridized carbons (Fsp3) is 0.158. The van der Waals surface area contributed by atoms with Crippen LogP contribution in [0.1, 0.15) is 22.5 Å². The number of carbonyl (C=O) groups is 2. The smallest absolute Gasteiger partial charge is 0.258 e. The van der Waals surface area contributed by atoms with E-state index in [1.807, 2.05) is 0 Å². The van der Waals surface area contributed by atoms with Crippen molar-refractivity contribution in [1.82, 2.24) is 9.97 Å². The molecule has 29 heavy (non-hydrogen) atoms. The summed E-state index contributed by atoms with van der Waals surface area (Å²) in [6, 6.07) is 7.70. The minimum atomic E-state index is -0.378. The number of benzene rings is 1. The molecule has 150 valence electrons. The summed E-state index contributed by atoms with van der Waals surface area (Å²) in [5, 5.41) is 8.03. The van der Waals surface area contributed by atoms with Crippen molar-refractivity contribution in [3.05, 3.63) is 68.5 Å². The quantitative estimate of drug-likeness (QED) is 0.530. The van der Waals surface area contributed by atoms with Crippen molar-refractivity contribution in [3.63, 3.8) is 0 Å². The summed E-state index contributed by atoms with van der Waals surface area (Å²) in [5.41, 5.74) is 1.30. The molecule has 8 nitrogen and oxygen atoms in total. The molecule has 0 fully saturated rings. The number of ether oxygens (including phenoxy) is 1. The Labute approximate surface area is 174 Å². The number of nitrogens with zero attached hydrogens (tertiary/aromatic N) is 1. The number of anilines is 2. The number of pyridine rings is 1. The second-order valence-corrected chi connectivity index (χ2v) is 7.20. The Morgan fingerprint density at radius 2 is 2.07 bits per heavy atom. The van der Waals surface area contributed by atoms with Crippen LogP contribution < -0.4 is 20.9 Å². The highest BCUT2D eigenvalue weighted by Gasteiger charge is 2.11. The van der Waals surface area contributed by atoms with Gasteiger partial charge in [-0.3, -0.25) is 19.7 Å². The second-order valence-electron chi connectivity index (χ2n) is 5.94. The van der Waals surface area contributed by atoms with Crippen LogP contribution in [0.15, 0.2) is 46.7 Å². The summed E-state index contributed by atoms with van der Waals surface area (Å²) in [6.45, 7) is 0. The Morgan fingerprint density at radius 3 is 2.76 bits per heavy atom. The van der Waals surface area contributed by atoms with Gasteiger partial charge in [0.1, 0.15) is 5.75 Å². The number of halogens is 1. The first kappa shape index (κ1) is 20.6. The molecular weight excluding hydrogens is 416 g/mol. The molecule has 0 aliphatic carbocycles. The molecule has 0 unspecified atom stereocenters. The van der Waals surface area contributed by atoms with Crippen LogP contribution in [0.4, 0.5) is 10.8 Å². The van der Waals surface area contributed by atoms with Crippen LogP contribution in [0.2, 0.25) is 5.02 Å². The van der Waals surface area contributed by atoms with E-state index in [-0.39, 0.29) is 23.8 Å². The lowest BCUT2D eigenvalue weighted by Crippen LogP contribution is -2.14. The molecule has 3 aromatic rings. The maximum absolute atomic E-state index is 12.1. The molecule has 2 amide bonds. The minimum absolute atomic E-state index is 0.182. The molecule has 0 atom stereocenters. The molecule has 0 aliphatic rings. The highest BCUT2D eigenvalue weighted by molar-refractivity contribution is 7.14. The molecular formula is C19H17ClN4O4S. The summed E-state index contributed by atoms with van der Waals surface area (Å²) in [6.07, 6.45) is 1.98. The molecule has 2 heterocycles. The molecule has 0 aliphatic heterocycles. The number of thiazole rings is 1. The topological polar surface area (TPSA) is 113 Å². The maximum atomic E-state index is 12.1. The van der Waals surface area contributed by atoms with Crippen LogP contribution in [-0.4, -0.2) is 28.9 Å². The van der Waals surface area contributed by atoms with E-state index in [4.69, 9.17) is 16.3 Å². The first-order valence-corrected chi connectivity index (χ1v) is 9.78. The standard InChI is InChI=1S/C19H17ClN4O4S/c1-28-15-5-3-12(8-14(15)20)22-17(26)7-4-13-10-29-19(23-13)24-18(27)11-2-6-16(25)21-9-11/h2-3,5-6,8-10H,4,7H2,1H3,(H,21,25)(H,22,26)(H,23,24,27). The maximum Gasteiger partial charge on any atom is 0.258 e. The summed E-state index contributed by atoms with van der Waals surface area (Å²) < 4.78 is 5.08.